The first-order valence-corrected chi connectivity index (χ1v) is 10.3. The molecule has 2 unspecified atom stereocenters. The van der Waals surface area contributed by atoms with E-state index in [0.29, 0.717) is 22.6 Å². The minimum Gasteiger partial charge on any atom is -0.497 e. The first kappa shape index (κ1) is 20.3. The van der Waals surface area contributed by atoms with Crippen LogP contribution in [0.1, 0.15) is 50.5 Å². The average molecular weight is 408 g/mol. The Labute approximate surface area is 176 Å². The second-order valence-corrected chi connectivity index (χ2v) is 8.49. The molecule has 4 rings (SSSR count). The van der Waals surface area contributed by atoms with Crippen molar-refractivity contribution in [3.8, 4) is 11.5 Å². The van der Waals surface area contributed by atoms with Crippen LogP contribution in [-0.2, 0) is 11.8 Å². The van der Waals surface area contributed by atoms with E-state index in [1.54, 1.807) is 19.4 Å². The Bertz CT molecular complexity index is 1170. The van der Waals surface area contributed by atoms with Crippen molar-refractivity contribution in [2.75, 3.05) is 7.11 Å². The van der Waals surface area contributed by atoms with Gasteiger partial charge in [0, 0.05) is 17.9 Å². The van der Waals surface area contributed by atoms with Gasteiger partial charge in [-0.3, -0.25) is 0 Å². The molecule has 0 radical (unpaired) electrons. The van der Waals surface area contributed by atoms with Crippen molar-refractivity contribution in [1.82, 2.24) is 0 Å². The molecule has 0 saturated carbocycles. The van der Waals surface area contributed by atoms with Crippen molar-refractivity contribution < 1.29 is 18.3 Å². The molecule has 0 amide bonds. The Morgan fingerprint density at radius 1 is 1.30 bits per heavy atom. The summed E-state index contributed by atoms with van der Waals surface area (Å²) in [4.78, 5) is 12.9. The fraction of sp³-hybridized carbons (Fsp3) is 0.400. The van der Waals surface area contributed by atoms with Crippen LogP contribution in [0, 0.1) is 6.92 Å². The van der Waals surface area contributed by atoms with E-state index in [9.17, 15) is 4.79 Å². The fourth-order valence-electron chi connectivity index (χ4n) is 4.28. The van der Waals surface area contributed by atoms with E-state index in [4.69, 9.17) is 18.3 Å². The lowest BCUT2D eigenvalue weighted by Crippen LogP contribution is -2.35. The third-order valence-electron chi connectivity index (χ3n) is 6.22. The summed E-state index contributed by atoms with van der Waals surface area (Å²) in [5.41, 5.74) is 2.76. The van der Waals surface area contributed by atoms with Crippen LogP contribution in [0.4, 0.5) is 0 Å². The zero-order chi connectivity index (χ0) is 21.5. The molecule has 0 aliphatic carbocycles. The second kappa shape index (κ2) is 7.71. The number of methoxy groups -OCH3 is 1. The van der Waals surface area contributed by atoms with Gasteiger partial charge in [0.05, 0.1) is 24.3 Å². The molecule has 0 fully saturated rings. The van der Waals surface area contributed by atoms with Gasteiger partial charge >= 0.3 is 5.63 Å². The molecular weight excluding hydrogens is 380 g/mol. The maximum Gasteiger partial charge on any atom is 0.343 e. The largest absolute Gasteiger partial charge is 0.497 e. The molecule has 30 heavy (non-hydrogen) atoms. The van der Waals surface area contributed by atoms with Crippen LogP contribution in [0.2, 0.25) is 0 Å². The maximum atomic E-state index is 12.9. The number of rotatable bonds is 6. The minimum absolute atomic E-state index is 0.121. The maximum absolute atomic E-state index is 12.9. The van der Waals surface area contributed by atoms with Crippen molar-refractivity contribution >= 4 is 11.0 Å². The predicted molar refractivity (Wildman–Crippen MR) is 117 cm³/mol. The lowest BCUT2D eigenvalue weighted by molar-refractivity contribution is 0.169. The SMILES string of the molecule is COc1ccc2c3c(c(=O)oc2c1)C(C)(CC/C=C(\C)Cc1cc(C)co1)C(C)O3. The van der Waals surface area contributed by atoms with E-state index in [1.807, 2.05) is 26.0 Å². The van der Waals surface area contributed by atoms with Gasteiger partial charge in [-0.15, -0.1) is 0 Å². The van der Waals surface area contributed by atoms with E-state index >= 15 is 0 Å². The zero-order valence-electron chi connectivity index (χ0n) is 18.2. The molecule has 2 atom stereocenters. The van der Waals surface area contributed by atoms with Gasteiger partial charge in [0.1, 0.15) is 28.9 Å². The number of furan rings is 1. The number of fused-ring (bicyclic) bond motifs is 3. The zero-order valence-corrected chi connectivity index (χ0v) is 18.2. The van der Waals surface area contributed by atoms with Crippen LogP contribution in [0.5, 0.6) is 11.5 Å². The molecule has 3 aromatic rings. The monoisotopic (exact) mass is 408 g/mol. The topological polar surface area (TPSA) is 61.8 Å². The first-order chi connectivity index (χ1) is 14.3. The Kier molecular flexibility index (Phi) is 5.22. The van der Waals surface area contributed by atoms with E-state index in [1.165, 1.54) is 5.57 Å². The number of hydrogen-bond donors (Lipinski definition) is 0. The Morgan fingerprint density at radius 2 is 2.10 bits per heavy atom. The van der Waals surface area contributed by atoms with E-state index in [0.717, 1.165) is 36.0 Å². The number of ether oxygens (including phenoxy) is 2. The summed E-state index contributed by atoms with van der Waals surface area (Å²) in [5.74, 6) is 2.26. The quantitative estimate of drug-likeness (QED) is 0.386. The van der Waals surface area contributed by atoms with E-state index in [2.05, 4.69) is 26.0 Å². The summed E-state index contributed by atoms with van der Waals surface area (Å²) in [7, 11) is 1.59. The van der Waals surface area contributed by atoms with Crippen molar-refractivity contribution in [3.63, 3.8) is 0 Å². The summed E-state index contributed by atoms with van der Waals surface area (Å²) >= 11 is 0. The van der Waals surface area contributed by atoms with Crippen molar-refractivity contribution in [1.29, 1.82) is 0 Å². The molecule has 2 aromatic heterocycles. The normalized spacial score (nSPS) is 21.0. The molecule has 3 heterocycles. The molecule has 1 aliphatic rings. The third-order valence-corrected chi connectivity index (χ3v) is 6.22. The molecule has 0 N–H and O–H groups in total. The Hall–Kier alpha value is -2.95. The Balaban J connectivity index is 1.60. The minimum atomic E-state index is -0.415. The standard InChI is InChI=1S/C25H28O5/c1-15(11-19-12-16(2)14-28-19)7-6-10-25(4)17(3)29-23-20-9-8-18(27-5)13-21(20)30-24(26)22(23)25/h7-9,12-14,17H,6,10-11H2,1-5H3/b15-7+. The van der Waals surface area contributed by atoms with Gasteiger partial charge in [-0.05, 0) is 57.4 Å². The molecule has 1 aromatic carbocycles. The van der Waals surface area contributed by atoms with Crippen LogP contribution >= 0.6 is 0 Å². The van der Waals surface area contributed by atoms with Crippen LogP contribution in [0.25, 0.3) is 11.0 Å². The third kappa shape index (κ3) is 3.53. The number of benzene rings is 1. The van der Waals surface area contributed by atoms with Gasteiger partial charge in [-0.1, -0.05) is 18.6 Å². The number of aryl methyl sites for hydroxylation is 1. The summed E-state index contributed by atoms with van der Waals surface area (Å²) < 4.78 is 22.7. The molecule has 5 heteroatoms. The summed E-state index contributed by atoms with van der Waals surface area (Å²) in [6.45, 7) is 8.25. The van der Waals surface area contributed by atoms with Crippen molar-refractivity contribution in [2.45, 2.75) is 58.5 Å². The first-order valence-electron chi connectivity index (χ1n) is 10.3. The summed E-state index contributed by atoms with van der Waals surface area (Å²) in [5, 5.41) is 0.806. The van der Waals surface area contributed by atoms with Crippen LogP contribution in [0.3, 0.4) is 0 Å². The van der Waals surface area contributed by atoms with Gasteiger partial charge in [0.2, 0.25) is 0 Å². The van der Waals surface area contributed by atoms with Gasteiger partial charge < -0.3 is 18.3 Å². The lowest BCUT2D eigenvalue weighted by Gasteiger charge is -2.26. The molecule has 0 bridgehead atoms. The fourth-order valence-corrected chi connectivity index (χ4v) is 4.28. The highest BCUT2D eigenvalue weighted by Gasteiger charge is 2.46. The Morgan fingerprint density at radius 3 is 2.80 bits per heavy atom. The smallest absolute Gasteiger partial charge is 0.343 e. The molecule has 158 valence electrons. The summed E-state index contributed by atoms with van der Waals surface area (Å²) in [6, 6.07) is 7.54. The van der Waals surface area contributed by atoms with Crippen LogP contribution in [0.15, 0.2) is 55.8 Å². The lowest BCUT2D eigenvalue weighted by atomic mass is 9.76. The van der Waals surface area contributed by atoms with Crippen LogP contribution in [-0.4, -0.2) is 13.2 Å². The molecule has 5 nitrogen and oxygen atoms in total. The highest BCUT2D eigenvalue weighted by atomic mass is 16.5. The summed E-state index contributed by atoms with van der Waals surface area (Å²) in [6.07, 6.45) is 6.31. The highest BCUT2D eigenvalue weighted by Crippen LogP contribution is 2.47. The second-order valence-electron chi connectivity index (χ2n) is 8.49. The number of hydrogen-bond acceptors (Lipinski definition) is 5. The van der Waals surface area contributed by atoms with Crippen molar-refractivity contribution in [2.24, 2.45) is 0 Å². The number of allylic oxidation sites excluding steroid dienone is 2. The predicted octanol–water partition coefficient (Wildman–Crippen LogP) is 5.71. The average Bonchev–Trinajstić information content (AvgIpc) is 3.22. The molecule has 0 spiro atoms. The van der Waals surface area contributed by atoms with E-state index in [-0.39, 0.29) is 11.7 Å². The highest BCUT2D eigenvalue weighted by molar-refractivity contribution is 5.86. The molecule has 0 saturated heterocycles. The van der Waals surface area contributed by atoms with Gasteiger partial charge in [0.25, 0.3) is 0 Å². The van der Waals surface area contributed by atoms with Gasteiger partial charge in [0.15, 0.2) is 0 Å². The van der Waals surface area contributed by atoms with Crippen molar-refractivity contribution in [3.05, 3.63) is 69.5 Å². The van der Waals surface area contributed by atoms with Gasteiger partial charge in [-0.25, -0.2) is 4.79 Å². The van der Waals surface area contributed by atoms with Gasteiger partial charge in [-0.2, -0.15) is 0 Å². The molecular formula is C25H28O5. The molecule has 1 aliphatic heterocycles. The van der Waals surface area contributed by atoms with Crippen LogP contribution < -0.4 is 15.1 Å². The van der Waals surface area contributed by atoms with E-state index < -0.39 is 5.41 Å².